The van der Waals surface area contributed by atoms with E-state index in [-0.39, 0.29) is 6.04 Å². The fourth-order valence-electron chi connectivity index (χ4n) is 2.13. The summed E-state index contributed by atoms with van der Waals surface area (Å²) in [5, 5.41) is 2.89. The maximum absolute atomic E-state index is 12.1. The summed E-state index contributed by atoms with van der Waals surface area (Å²) in [6, 6.07) is 13.2. The Labute approximate surface area is 131 Å². The van der Waals surface area contributed by atoms with Crippen LogP contribution in [0.4, 0.5) is 4.79 Å². The van der Waals surface area contributed by atoms with Gasteiger partial charge in [0.2, 0.25) is 0 Å². The van der Waals surface area contributed by atoms with Crippen LogP contribution in [0, 0.1) is 0 Å². The molecule has 4 heteroatoms. The van der Waals surface area contributed by atoms with E-state index in [0.29, 0.717) is 5.76 Å². The Bertz CT molecular complexity index is 611. The first kappa shape index (κ1) is 16.1. The average molecular weight is 301 g/mol. The topological polar surface area (TPSA) is 51.5 Å². The molecule has 1 aromatic heterocycles. The number of benzene rings is 1. The van der Waals surface area contributed by atoms with E-state index < -0.39 is 11.7 Å². The van der Waals surface area contributed by atoms with Crippen LogP contribution < -0.4 is 5.32 Å². The Balaban J connectivity index is 2.24. The molecule has 0 spiro atoms. The predicted octanol–water partition coefficient (Wildman–Crippen LogP) is 4.46. The van der Waals surface area contributed by atoms with E-state index in [4.69, 9.17) is 9.15 Å². The lowest BCUT2D eigenvalue weighted by Crippen LogP contribution is -2.35. The minimum absolute atomic E-state index is 0.364. The molecule has 0 fully saturated rings. The normalized spacial score (nSPS) is 12.7. The average Bonchev–Trinajstić information content (AvgIpc) is 2.92. The lowest BCUT2D eigenvalue weighted by Gasteiger charge is -2.23. The third kappa shape index (κ3) is 4.38. The van der Waals surface area contributed by atoms with Crippen LogP contribution in [-0.4, -0.2) is 11.7 Å². The zero-order chi connectivity index (χ0) is 16.2. The van der Waals surface area contributed by atoms with E-state index in [1.165, 1.54) is 0 Å². The fourth-order valence-corrected chi connectivity index (χ4v) is 2.13. The molecule has 0 aliphatic carbocycles. The third-order valence-corrected chi connectivity index (χ3v) is 3.11. The first-order valence-corrected chi connectivity index (χ1v) is 7.52. The number of rotatable bonds is 4. The van der Waals surface area contributed by atoms with Crippen LogP contribution in [-0.2, 0) is 11.2 Å². The van der Waals surface area contributed by atoms with Crippen molar-refractivity contribution in [1.82, 2.24) is 5.32 Å². The van der Waals surface area contributed by atoms with Gasteiger partial charge in [-0.15, -0.1) is 0 Å². The quantitative estimate of drug-likeness (QED) is 0.907. The van der Waals surface area contributed by atoms with Crippen LogP contribution in [0.15, 0.2) is 46.9 Å². The van der Waals surface area contributed by atoms with Crippen LogP contribution in [0.5, 0.6) is 0 Å². The van der Waals surface area contributed by atoms with Gasteiger partial charge in [-0.3, -0.25) is 0 Å². The van der Waals surface area contributed by atoms with Crippen LogP contribution >= 0.6 is 0 Å². The molecule has 0 radical (unpaired) electrons. The maximum atomic E-state index is 12.1. The fraction of sp³-hybridized carbons (Fsp3) is 0.389. The Morgan fingerprint density at radius 3 is 2.41 bits per heavy atom. The highest BCUT2D eigenvalue weighted by Crippen LogP contribution is 2.25. The Morgan fingerprint density at radius 1 is 1.18 bits per heavy atom. The zero-order valence-corrected chi connectivity index (χ0v) is 13.6. The molecule has 1 unspecified atom stereocenters. The van der Waals surface area contributed by atoms with Crippen molar-refractivity contribution in [3.8, 4) is 0 Å². The van der Waals surface area contributed by atoms with Crippen LogP contribution in [0.2, 0.25) is 0 Å². The van der Waals surface area contributed by atoms with Gasteiger partial charge in [0.05, 0.1) is 0 Å². The number of ether oxygens (including phenoxy) is 1. The van der Waals surface area contributed by atoms with Gasteiger partial charge in [0, 0.05) is 6.42 Å². The molecule has 22 heavy (non-hydrogen) atoms. The van der Waals surface area contributed by atoms with Crippen molar-refractivity contribution in [2.45, 2.75) is 45.8 Å². The molecule has 1 atom stereocenters. The molecule has 4 nitrogen and oxygen atoms in total. The van der Waals surface area contributed by atoms with Crippen LogP contribution in [0.3, 0.4) is 0 Å². The van der Waals surface area contributed by atoms with E-state index in [1.54, 1.807) is 0 Å². The third-order valence-electron chi connectivity index (χ3n) is 3.11. The number of hydrogen-bond acceptors (Lipinski definition) is 3. The summed E-state index contributed by atoms with van der Waals surface area (Å²) in [5.41, 5.74) is 0.411. The van der Waals surface area contributed by atoms with E-state index >= 15 is 0 Å². The van der Waals surface area contributed by atoms with Crippen molar-refractivity contribution in [2.24, 2.45) is 0 Å². The van der Waals surface area contributed by atoms with E-state index in [0.717, 1.165) is 17.7 Å². The van der Waals surface area contributed by atoms with Crippen molar-refractivity contribution >= 4 is 6.09 Å². The van der Waals surface area contributed by atoms with Gasteiger partial charge in [-0.1, -0.05) is 37.3 Å². The van der Waals surface area contributed by atoms with Gasteiger partial charge < -0.3 is 14.5 Å². The molecule has 0 aliphatic heterocycles. The summed E-state index contributed by atoms with van der Waals surface area (Å²) in [5.74, 6) is 1.59. The number of nitrogens with one attached hydrogen (secondary N) is 1. The number of carbonyl (C=O) groups is 1. The summed E-state index contributed by atoms with van der Waals surface area (Å²) >= 11 is 0. The SMILES string of the molecule is CCc1ccc(C(NC(=O)OC(C)(C)C)c2ccccc2)o1. The van der Waals surface area contributed by atoms with Gasteiger partial charge in [0.15, 0.2) is 0 Å². The molecule has 2 aromatic rings. The van der Waals surface area contributed by atoms with Crippen molar-refractivity contribution in [2.75, 3.05) is 0 Å². The minimum atomic E-state index is -0.539. The number of furan rings is 1. The maximum Gasteiger partial charge on any atom is 0.408 e. The molecule has 0 bridgehead atoms. The van der Waals surface area contributed by atoms with Gasteiger partial charge in [-0.2, -0.15) is 0 Å². The Hall–Kier alpha value is -2.23. The molecule has 1 amide bonds. The number of hydrogen-bond donors (Lipinski definition) is 1. The highest BCUT2D eigenvalue weighted by atomic mass is 16.6. The summed E-state index contributed by atoms with van der Waals surface area (Å²) in [6.07, 6.45) is 0.351. The van der Waals surface area contributed by atoms with E-state index in [1.807, 2.05) is 70.2 Å². The largest absolute Gasteiger partial charge is 0.464 e. The van der Waals surface area contributed by atoms with E-state index in [9.17, 15) is 4.79 Å². The smallest absolute Gasteiger partial charge is 0.408 e. The number of alkyl carbamates (subject to hydrolysis) is 1. The molecule has 0 aliphatic rings. The van der Waals surface area contributed by atoms with E-state index in [2.05, 4.69) is 5.32 Å². The standard InChI is InChI=1S/C18H23NO3/c1-5-14-11-12-15(21-14)16(13-9-7-6-8-10-13)19-17(20)22-18(2,3)4/h6-12,16H,5H2,1-4H3,(H,19,20). The lowest BCUT2D eigenvalue weighted by molar-refractivity contribution is 0.0507. The minimum Gasteiger partial charge on any atom is -0.464 e. The molecule has 1 heterocycles. The van der Waals surface area contributed by atoms with Crippen molar-refractivity contribution < 1.29 is 13.9 Å². The molecular formula is C18H23NO3. The molecule has 0 saturated heterocycles. The van der Waals surface area contributed by atoms with Gasteiger partial charge >= 0.3 is 6.09 Å². The number of carbonyl (C=O) groups excluding carboxylic acids is 1. The first-order chi connectivity index (χ1) is 10.4. The van der Waals surface area contributed by atoms with Gasteiger partial charge in [0.1, 0.15) is 23.2 Å². The second-order valence-electron chi connectivity index (χ2n) is 6.15. The van der Waals surface area contributed by atoms with Crippen LogP contribution in [0.1, 0.15) is 50.8 Å². The molecule has 118 valence electrons. The van der Waals surface area contributed by atoms with Crippen molar-refractivity contribution in [1.29, 1.82) is 0 Å². The molecule has 0 saturated carbocycles. The Morgan fingerprint density at radius 2 is 1.86 bits per heavy atom. The van der Waals surface area contributed by atoms with Crippen molar-refractivity contribution in [3.63, 3.8) is 0 Å². The number of amides is 1. The van der Waals surface area contributed by atoms with Crippen LogP contribution in [0.25, 0.3) is 0 Å². The predicted molar refractivity (Wildman–Crippen MR) is 85.7 cm³/mol. The Kier molecular flexibility index (Phi) is 4.91. The highest BCUT2D eigenvalue weighted by Gasteiger charge is 2.23. The monoisotopic (exact) mass is 301 g/mol. The summed E-state index contributed by atoms with van der Waals surface area (Å²) in [6.45, 7) is 7.55. The van der Waals surface area contributed by atoms with Gasteiger partial charge in [-0.25, -0.2) is 4.79 Å². The number of aryl methyl sites for hydroxylation is 1. The second-order valence-corrected chi connectivity index (χ2v) is 6.15. The molecular weight excluding hydrogens is 278 g/mol. The summed E-state index contributed by atoms with van der Waals surface area (Å²) in [4.78, 5) is 12.1. The van der Waals surface area contributed by atoms with Gasteiger partial charge in [0.25, 0.3) is 0 Å². The molecule has 1 N–H and O–H groups in total. The second kappa shape index (κ2) is 6.69. The summed E-state index contributed by atoms with van der Waals surface area (Å²) < 4.78 is 11.2. The highest BCUT2D eigenvalue weighted by molar-refractivity contribution is 5.69. The lowest BCUT2D eigenvalue weighted by atomic mass is 10.1. The first-order valence-electron chi connectivity index (χ1n) is 7.52. The van der Waals surface area contributed by atoms with Gasteiger partial charge in [-0.05, 0) is 38.5 Å². The summed E-state index contributed by atoms with van der Waals surface area (Å²) in [7, 11) is 0. The van der Waals surface area contributed by atoms with Crippen molar-refractivity contribution in [3.05, 3.63) is 59.5 Å². The molecule has 2 rings (SSSR count). The molecule has 1 aromatic carbocycles. The zero-order valence-electron chi connectivity index (χ0n) is 13.6.